The Bertz CT molecular complexity index is 362. The Morgan fingerprint density at radius 1 is 1.26 bits per heavy atom. The lowest BCUT2D eigenvalue weighted by molar-refractivity contribution is 0.0894. The Kier molecular flexibility index (Phi) is 6.23. The first-order valence-corrected chi connectivity index (χ1v) is 8.73. The lowest BCUT2D eigenvalue weighted by Gasteiger charge is -2.43. The molecule has 5 nitrogen and oxygen atoms in total. The van der Waals surface area contributed by atoms with Crippen molar-refractivity contribution < 1.29 is 13.2 Å². The van der Waals surface area contributed by atoms with E-state index in [1.807, 2.05) is 13.8 Å². The zero-order valence-electron chi connectivity index (χ0n) is 12.4. The molecule has 0 atom stereocenters. The fraction of sp³-hybridized carbons (Fsp3) is 1.00. The van der Waals surface area contributed by atoms with Crippen molar-refractivity contribution in [3.63, 3.8) is 0 Å². The van der Waals surface area contributed by atoms with Gasteiger partial charge in [-0.05, 0) is 26.7 Å². The summed E-state index contributed by atoms with van der Waals surface area (Å²) >= 11 is 0. The molecular formula is C13H28N2O3S. The predicted molar refractivity (Wildman–Crippen MR) is 77.5 cm³/mol. The lowest BCUT2D eigenvalue weighted by atomic mass is 9.82. The standard InChI is InChI=1S/C13H28N2O3S/c1-12(2)18-9-10-19(16,17)15(3)13(11-14)7-5-4-6-8-13/h12H,4-11,14H2,1-3H3. The van der Waals surface area contributed by atoms with E-state index in [0.29, 0.717) is 6.54 Å². The van der Waals surface area contributed by atoms with Gasteiger partial charge in [-0.2, -0.15) is 4.31 Å². The highest BCUT2D eigenvalue weighted by atomic mass is 32.2. The van der Waals surface area contributed by atoms with Gasteiger partial charge in [-0.25, -0.2) is 8.42 Å². The smallest absolute Gasteiger partial charge is 0.216 e. The van der Waals surface area contributed by atoms with Gasteiger partial charge in [0.05, 0.1) is 18.5 Å². The first-order chi connectivity index (χ1) is 8.84. The third-order valence-corrected chi connectivity index (χ3v) is 5.95. The molecular weight excluding hydrogens is 264 g/mol. The minimum Gasteiger partial charge on any atom is -0.378 e. The van der Waals surface area contributed by atoms with E-state index in [-0.39, 0.29) is 24.0 Å². The molecule has 0 aromatic rings. The zero-order chi connectivity index (χ0) is 14.5. The zero-order valence-corrected chi connectivity index (χ0v) is 13.2. The van der Waals surface area contributed by atoms with Gasteiger partial charge in [0.15, 0.2) is 0 Å². The maximum atomic E-state index is 12.4. The lowest BCUT2D eigenvalue weighted by Crippen LogP contribution is -2.56. The van der Waals surface area contributed by atoms with Crippen LogP contribution in [0.3, 0.4) is 0 Å². The summed E-state index contributed by atoms with van der Waals surface area (Å²) in [5, 5.41) is 0. The van der Waals surface area contributed by atoms with Gasteiger partial charge in [0.2, 0.25) is 10.0 Å². The van der Waals surface area contributed by atoms with E-state index in [1.165, 1.54) is 10.7 Å². The first kappa shape index (κ1) is 16.9. The van der Waals surface area contributed by atoms with Crippen molar-refractivity contribution >= 4 is 10.0 Å². The van der Waals surface area contributed by atoms with Crippen LogP contribution in [-0.2, 0) is 14.8 Å². The summed E-state index contributed by atoms with van der Waals surface area (Å²) in [5.41, 5.74) is 5.50. The van der Waals surface area contributed by atoms with Gasteiger partial charge in [-0.3, -0.25) is 0 Å². The molecule has 0 radical (unpaired) electrons. The largest absolute Gasteiger partial charge is 0.378 e. The number of ether oxygens (including phenoxy) is 1. The monoisotopic (exact) mass is 292 g/mol. The Hall–Kier alpha value is -0.170. The average molecular weight is 292 g/mol. The van der Waals surface area contributed by atoms with Crippen molar-refractivity contribution in [3.8, 4) is 0 Å². The molecule has 114 valence electrons. The number of rotatable bonds is 7. The first-order valence-electron chi connectivity index (χ1n) is 7.12. The Morgan fingerprint density at radius 3 is 2.32 bits per heavy atom. The molecule has 0 aliphatic heterocycles. The van der Waals surface area contributed by atoms with E-state index >= 15 is 0 Å². The molecule has 0 bridgehead atoms. The van der Waals surface area contributed by atoms with Crippen LogP contribution >= 0.6 is 0 Å². The van der Waals surface area contributed by atoms with Crippen molar-refractivity contribution in [3.05, 3.63) is 0 Å². The van der Waals surface area contributed by atoms with Crippen LogP contribution in [0.5, 0.6) is 0 Å². The predicted octanol–water partition coefficient (Wildman–Crippen LogP) is 1.33. The van der Waals surface area contributed by atoms with Gasteiger partial charge >= 0.3 is 0 Å². The minimum absolute atomic E-state index is 0.0312. The summed E-state index contributed by atoms with van der Waals surface area (Å²) in [6.07, 6.45) is 5.07. The molecule has 0 heterocycles. The highest BCUT2D eigenvalue weighted by Crippen LogP contribution is 2.33. The number of nitrogens with two attached hydrogens (primary N) is 1. The van der Waals surface area contributed by atoms with E-state index in [0.717, 1.165) is 25.7 Å². The number of sulfonamides is 1. The quantitative estimate of drug-likeness (QED) is 0.768. The molecule has 1 fully saturated rings. The number of likely N-dealkylation sites (N-methyl/N-ethyl adjacent to an activating group) is 1. The van der Waals surface area contributed by atoms with E-state index < -0.39 is 10.0 Å². The van der Waals surface area contributed by atoms with E-state index in [4.69, 9.17) is 10.5 Å². The second-order valence-electron chi connectivity index (χ2n) is 5.69. The van der Waals surface area contributed by atoms with Gasteiger partial charge in [0, 0.05) is 19.1 Å². The second-order valence-corrected chi connectivity index (χ2v) is 7.81. The van der Waals surface area contributed by atoms with Crippen LogP contribution in [0.1, 0.15) is 46.0 Å². The van der Waals surface area contributed by atoms with Crippen LogP contribution < -0.4 is 5.73 Å². The summed E-state index contributed by atoms with van der Waals surface area (Å²) < 4.78 is 31.6. The summed E-state index contributed by atoms with van der Waals surface area (Å²) in [4.78, 5) is 0. The Balaban J connectivity index is 2.69. The maximum Gasteiger partial charge on any atom is 0.216 e. The molecule has 1 saturated carbocycles. The molecule has 1 aliphatic carbocycles. The Morgan fingerprint density at radius 2 is 1.84 bits per heavy atom. The van der Waals surface area contributed by atoms with Crippen molar-refractivity contribution in [1.29, 1.82) is 0 Å². The minimum atomic E-state index is -3.30. The third-order valence-electron chi connectivity index (χ3n) is 4.04. The van der Waals surface area contributed by atoms with Crippen LogP contribution in [0.15, 0.2) is 0 Å². The van der Waals surface area contributed by atoms with Crippen molar-refractivity contribution in [1.82, 2.24) is 4.31 Å². The summed E-state index contributed by atoms with van der Waals surface area (Å²) in [6, 6.07) is 0. The van der Waals surface area contributed by atoms with Gasteiger partial charge in [-0.15, -0.1) is 0 Å². The SMILES string of the molecule is CC(C)OCCS(=O)(=O)N(C)C1(CN)CCCCC1. The highest BCUT2D eigenvalue weighted by molar-refractivity contribution is 7.89. The molecule has 0 saturated heterocycles. The van der Waals surface area contributed by atoms with Gasteiger partial charge in [-0.1, -0.05) is 19.3 Å². The molecule has 19 heavy (non-hydrogen) atoms. The van der Waals surface area contributed by atoms with Crippen LogP contribution in [0.25, 0.3) is 0 Å². The van der Waals surface area contributed by atoms with Gasteiger partial charge < -0.3 is 10.5 Å². The number of hydrogen-bond donors (Lipinski definition) is 1. The summed E-state index contributed by atoms with van der Waals surface area (Å²) in [7, 11) is -1.63. The fourth-order valence-corrected chi connectivity index (χ4v) is 4.11. The van der Waals surface area contributed by atoms with E-state index in [2.05, 4.69) is 0 Å². The molecule has 0 amide bonds. The summed E-state index contributed by atoms with van der Waals surface area (Å²) in [5.74, 6) is 0.0312. The molecule has 0 aromatic carbocycles. The number of hydrogen-bond acceptors (Lipinski definition) is 4. The van der Waals surface area contributed by atoms with Crippen molar-refractivity contribution in [2.45, 2.75) is 57.6 Å². The van der Waals surface area contributed by atoms with Crippen LogP contribution in [0, 0.1) is 0 Å². The molecule has 6 heteroatoms. The fourth-order valence-electron chi connectivity index (χ4n) is 2.68. The highest BCUT2D eigenvalue weighted by Gasteiger charge is 2.40. The van der Waals surface area contributed by atoms with Crippen LogP contribution in [-0.4, -0.2) is 50.3 Å². The molecule has 0 unspecified atom stereocenters. The number of nitrogens with zero attached hydrogens (tertiary/aromatic N) is 1. The molecule has 1 aliphatic rings. The normalized spacial score (nSPS) is 20.1. The Labute approximate surface area is 117 Å². The summed E-state index contributed by atoms with van der Waals surface area (Å²) in [6.45, 7) is 4.44. The molecule has 1 rings (SSSR count). The van der Waals surface area contributed by atoms with Crippen molar-refractivity contribution in [2.24, 2.45) is 5.73 Å². The van der Waals surface area contributed by atoms with E-state index in [9.17, 15) is 8.42 Å². The molecule has 0 spiro atoms. The topological polar surface area (TPSA) is 72.6 Å². The maximum absolute atomic E-state index is 12.4. The van der Waals surface area contributed by atoms with Crippen LogP contribution in [0.2, 0.25) is 0 Å². The second kappa shape index (κ2) is 7.02. The molecule has 0 aromatic heterocycles. The van der Waals surface area contributed by atoms with Crippen molar-refractivity contribution in [2.75, 3.05) is 26.0 Å². The van der Waals surface area contributed by atoms with E-state index in [1.54, 1.807) is 7.05 Å². The molecule has 2 N–H and O–H groups in total. The van der Waals surface area contributed by atoms with Gasteiger partial charge in [0.1, 0.15) is 0 Å². The third kappa shape index (κ3) is 4.41. The van der Waals surface area contributed by atoms with Crippen LogP contribution in [0.4, 0.5) is 0 Å². The van der Waals surface area contributed by atoms with Gasteiger partial charge in [0.25, 0.3) is 0 Å². The average Bonchev–Trinajstić information content (AvgIpc) is 2.38.